The van der Waals surface area contributed by atoms with Gasteiger partial charge in [0.2, 0.25) is 0 Å². The first kappa shape index (κ1) is 16.9. The largest absolute Gasteiger partial charge is 0.466 e. The topological polar surface area (TPSA) is 74.6 Å². The van der Waals surface area contributed by atoms with Crippen LogP contribution in [0.15, 0.2) is 0 Å². The fourth-order valence-electron chi connectivity index (χ4n) is 2.42. The molecule has 6 heteroatoms. The molecule has 0 aromatic carbocycles. The first-order valence-corrected chi connectivity index (χ1v) is 6.86. The highest BCUT2D eigenvalue weighted by atomic mass is 16.5. The lowest BCUT2D eigenvalue weighted by atomic mass is 10.1. The van der Waals surface area contributed by atoms with E-state index in [1.165, 1.54) is 6.92 Å². The van der Waals surface area contributed by atoms with Gasteiger partial charge in [0, 0.05) is 19.7 Å². The summed E-state index contributed by atoms with van der Waals surface area (Å²) >= 11 is 0. The molecule has 6 nitrogen and oxygen atoms in total. The molecule has 0 fully saturated rings. The molecule has 0 bridgehead atoms. The number of hydrogen-bond donors (Lipinski definition) is 0. The highest BCUT2D eigenvalue weighted by molar-refractivity contribution is 6.01. The molecule has 0 atom stereocenters. The minimum atomic E-state index is -0.530. The summed E-state index contributed by atoms with van der Waals surface area (Å²) in [5.41, 5.74) is 1.65. The SMILES string of the molecule is CCOC(=O)Cc1c(C(=O)OCC)c(C)c(C(C)=O)n1C. The maximum atomic E-state index is 12.1. The average Bonchev–Trinajstić information content (AvgIpc) is 2.61. The third-order valence-electron chi connectivity index (χ3n) is 3.19. The van der Waals surface area contributed by atoms with E-state index in [2.05, 4.69) is 0 Å². The molecule has 0 saturated heterocycles. The zero-order valence-corrected chi connectivity index (χ0v) is 13.1. The van der Waals surface area contributed by atoms with Gasteiger partial charge in [-0.25, -0.2) is 4.79 Å². The van der Waals surface area contributed by atoms with Crippen LogP contribution in [0.1, 0.15) is 52.9 Å². The Bertz CT molecular complexity index is 571. The molecule has 0 aliphatic rings. The number of carbonyl (C=O) groups is 3. The van der Waals surface area contributed by atoms with Crippen molar-refractivity contribution in [2.75, 3.05) is 13.2 Å². The van der Waals surface area contributed by atoms with Crippen LogP contribution in [0.25, 0.3) is 0 Å². The Morgan fingerprint density at radius 3 is 2.14 bits per heavy atom. The van der Waals surface area contributed by atoms with Crippen LogP contribution in [0, 0.1) is 6.92 Å². The van der Waals surface area contributed by atoms with Crippen molar-refractivity contribution in [1.82, 2.24) is 4.57 Å². The van der Waals surface area contributed by atoms with E-state index >= 15 is 0 Å². The van der Waals surface area contributed by atoms with E-state index in [1.807, 2.05) is 0 Å². The number of ether oxygens (including phenoxy) is 2. The standard InChI is InChI=1S/C15H21NO5/c1-6-20-12(18)8-11-13(15(19)21-7-2)9(3)14(10(4)17)16(11)5/h6-8H2,1-5H3. The summed E-state index contributed by atoms with van der Waals surface area (Å²) in [5.74, 6) is -1.15. The summed E-state index contributed by atoms with van der Waals surface area (Å²) in [7, 11) is 1.65. The molecule has 0 unspecified atom stereocenters. The molecule has 21 heavy (non-hydrogen) atoms. The second-order valence-corrected chi connectivity index (χ2v) is 4.61. The third kappa shape index (κ3) is 3.51. The van der Waals surface area contributed by atoms with Gasteiger partial charge >= 0.3 is 11.9 Å². The van der Waals surface area contributed by atoms with Gasteiger partial charge in [0.1, 0.15) is 0 Å². The van der Waals surface area contributed by atoms with Crippen LogP contribution in [0.5, 0.6) is 0 Å². The maximum Gasteiger partial charge on any atom is 0.340 e. The van der Waals surface area contributed by atoms with Crippen LogP contribution >= 0.6 is 0 Å². The zero-order chi connectivity index (χ0) is 16.2. The first-order valence-electron chi connectivity index (χ1n) is 6.86. The lowest BCUT2D eigenvalue weighted by Crippen LogP contribution is -2.15. The molecule has 1 rings (SSSR count). The molecular formula is C15H21NO5. The number of ketones is 1. The highest BCUT2D eigenvalue weighted by Crippen LogP contribution is 2.24. The second-order valence-electron chi connectivity index (χ2n) is 4.61. The minimum Gasteiger partial charge on any atom is -0.466 e. The van der Waals surface area contributed by atoms with E-state index in [9.17, 15) is 14.4 Å². The fraction of sp³-hybridized carbons (Fsp3) is 0.533. The van der Waals surface area contributed by atoms with E-state index in [0.717, 1.165) is 0 Å². The van der Waals surface area contributed by atoms with E-state index in [-0.39, 0.29) is 31.0 Å². The number of nitrogens with zero attached hydrogens (tertiary/aromatic N) is 1. The summed E-state index contributed by atoms with van der Waals surface area (Å²) in [4.78, 5) is 35.6. The Morgan fingerprint density at radius 1 is 1.10 bits per heavy atom. The number of carbonyl (C=O) groups excluding carboxylic acids is 3. The van der Waals surface area contributed by atoms with Crippen LogP contribution < -0.4 is 0 Å². The van der Waals surface area contributed by atoms with Crippen molar-refractivity contribution < 1.29 is 23.9 Å². The van der Waals surface area contributed by atoms with Crippen molar-refractivity contribution in [3.63, 3.8) is 0 Å². The molecule has 0 aliphatic heterocycles. The molecule has 0 amide bonds. The summed E-state index contributed by atoms with van der Waals surface area (Å²) in [6, 6.07) is 0. The summed E-state index contributed by atoms with van der Waals surface area (Å²) in [6.07, 6.45) is -0.0768. The molecule has 116 valence electrons. The van der Waals surface area contributed by atoms with Crippen molar-refractivity contribution >= 4 is 17.7 Å². The van der Waals surface area contributed by atoms with Crippen LogP contribution in [0.3, 0.4) is 0 Å². The van der Waals surface area contributed by atoms with Crippen molar-refractivity contribution in [3.8, 4) is 0 Å². The Balaban J connectivity index is 3.37. The minimum absolute atomic E-state index is 0.0768. The smallest absolute Gasteiger partial charge is 0.340 e. The molecule has 0 radical (unpaired) electrons. The normalized spacial score (nSPS) is 10.3. The Kier molecular flexibility index (Phi) is 5.69. The number of esters is 2. The lowest BCUT2D eigenvalue weighted by Gasteiger charge is -2.08. The van der Waals surface area contributed by atoms with E-state index in [0.29, 0.717) is 17.0 Å². The molecule has 0 aliphatic carbocycles. The van der Waals surface area contributed by atoms with Crippen molar-refractivity contribution in [3.05, 3.63) is 22.5 Å². The van der Waals surface area contributed by atoms with Crippen LogP contribution in [-0.4, -0.2) is 35.5 Å². The van der Waals surface area contributed by atoms with Gasteiger partial charge in [-0.05, 0) is 26.3 Å². The zero-order valence-electron chi connectivity index (χ0n) is 13.1. The molecule has 0 spiro atoms. The summed E-state index contributed by atoms with van der Waals surface area (Å²) < 4.78 is 11.5. The molecular weight excluding hydrogens is 274 g/mol. The second kappa shape index (κ2) is 7.06. The maximum absolute atomic E-state index is 12.1. The highest BCUT2D eigenvalue weighted by Gasteiger charge is 2.27. The Morgan fingerprint density at radius 2 is 1.67 bits per heavy atom. The Labute approximate surface area is 124 Å². The molecule has 0 saturated carbocycles. The van der Waals surface area contributed by atoms with E-state index in [1.54, 1.807) is 32.4 Å². The van der Waals surface area contributed by atoms with Gasteiger partial charge in [0.05, 0.1) is 30.9 Å². The number of rotatable bonds is 6. The predicted octanol–water partition coefficient (Wildman–Crippen LogP) is 1.82. The molecule has 1 aromatic rings. The lowest BCUT2D eigenvalue weighted by molar-refractivity contribution is -0.142. The van der Waals surface area contributed by atoms with Gasteiger partial charge in [-0.2, -0.15) is 0 Å². The van der Waals surface area contributed by atoms with E-state index in [4.69, 9.17) is 9.47 Å². The fourth-order valence-corrected chi connectivity index (χ4v) is 2.42. The van der Waals surface area contributed by atoms with Gasteiger partial charge in [-0.3, -0.25) is 9.59 Å². The van der Waals surface area contributed by atoms with Crippen molar-refractivity contribution in [2.24, 2.45) is 7.05 Å². The van der Waals surface area contributed by atoms with Gasteiger partial charge < -0.3 is 14.0 Å². The first-order chi connectivity index (χ1) is 9.84. The number of hydrogen-bond acceptors (Lipinski definition) is 5. The van der Waals surface area contributed by atoms with Crippen LogP contribution in [0.4, 0.5) is 0 Å². The van der Waals surface area contributed by atoms with E-state index < -0.39 is 11.9 Å². The summed E-state index contributed by atoms with van der Waals surface area (Å²) in [6.45, 7) is 7.00. The van der Waals surface area contributed by atoms with Crippen LogP contribution in [0.2, 0.25) is 0 Å². The van der Waals surface area contributed by atoms with Crippen molar-refractivity contribution in [1.29, 1.82) is 0 Å². The summed E-state index contributed by atoms with van der Waals surface area (Å²) in [5, 5.41) is 0. The molecule has 1 heterocycles. The van der Waals surface area contributed by atoms with Crippen LogP contribution in [-0.2, 0) is 27.7 Å². The number of aromatic nitrogens is 1. The number of Topliss-reactive ketones (excluding diaryl/α,β-unsaturated/α-hetero) is 1. The van der Waals surface area contributed by atoms with Gasteiger partial charge in [0.25, 0.3) is 0 Å². The average molecular weight is 295 g/mol. The van der Waals surface area contributed by atoms with Crippen molar-refractivity contribution in [2.45, 2.75) is 34.1 Å². The monoisotopic (exact) mass is 295 g/mol. The van der Waals surface area contributed by atoms with Gasteiger partial charge in [-0.15, -0.1) is 0 Å². The predicted molar refractivity (Wildman–Crippen MR) is 76.4 cm³/mol. The third-order valence-corrected chi connectivity index (χ3v) is 3.19. The van der Waals surface area contributed by atoms with Gasteiger partial charge in [-0.1, -0.05) is 0 Å². The Hall–Kier alpha value is -2.11. The van der Waals surface area contributed by atoms with Gasteiger partial charge in [0.15, 0.2) is 5.78 Å². The molecule has 1 aromatic heterocycles. The molecule has 0 N–H and O–H groups in total. The quantitative estimate of drug-likeness (QED) is 0.591.